The minimum absolute atomic E-state index is 0.652. The van der Waals surface area contributed by atoms with E-state index in [1.165, 1.54) is 11.3 Å². The summed E-state index contributed by atoms with van der Waals surface area (Å²) in [5.74, 6) is 0. The fraction of sp³-hybridized carbons (Fsp3) is 0.600. The third-order valence-corrected chi connectivity index (χ3v) is 3.63. The first-order valence-electron chi connectivity index (χ1n) is 6.94. The Hall–Kier alpha value is -0.620. The maximum absolute atomic E-state index is 5.72. The molecule has 5 heteroatoms. The number of hydrogen-bond donors (Lipinski definition) is 1. The van der Waals surface area contributed by atoms with Crippen LogP contribution in [0.2, 0.25) is 0 Å². The first-order chi connectivity index (χ1) is 9.72. The van der Waals surface area contributed by atoms with Gasteiger partial charge in [-0.25, -0.2) is 0 Å². The lowest BCUT2D eigenvalue weighted by Crippen LogP contribution is -2.30. The second-order valence-electron chi connectivity index (χ2n) is 4.64. The van der Waals surface area contributed by atoms with E-state index in [9.17, 15) is 0 Å². The lowest BCUT2D eigenvalue weighted by atomic mass is 10.1. The molecule has 1 aromatic rings. The molecule has 0 aliphatic rings. The van der Waals surface area contributed by atoms with Gasteiger partial charge in [-0.1, -0.05) is 15.9 Å². The van der Waals surface area contributed by atoms with E-state index in [4.69, 9.17) is 15.2 Å². The van der Waals surface area contributed by atoms with Crippen molar-refractivity contribution in [2.75, 3.05) is 52.0 Å². The predicted octanol–water partition coefficient (Wildman–Crippen LogP) is 2.44. The molecule has 0 saturated heterocycles. The van der Waals surface area contributed by atoms with Crippen molar-refractivity contribution in [1.29, 1.82) is 0 Å². The summed E-state index contributed by atoms with van der Waals surface area (Å²) in [5.41, 5.74) is 8.24. The topological polar surface area (TPSA) is 47.7 Å². The van der Waals surface area contributed by atoms with Crippen molar-refractivity contribution in [2.24, 2.45) is 5.73 Å². The molecule has 0 heterocycles. The average Bonchev–Trinajstić information content (AvgIpc) is 2.44. The number of ether oxygens (including phenoxy) is 2. The number of rotatable bonds is 10. The standard InChI is InChI=1S/C15H25BrN2O2/c1-19-10-3-8-18(9-11-20-2)15-5-4-14(16)12-13(15)6-7-17/h4-5,12H,3,6-11,17H2,1-2H3. The van der Waals surface area contributed by atoms with Crippen LogP contribution in [0.3, 0.4) is 0 Å². The number of methoxy groups -OCH3 is 2. The van der Waals surface area contributed by atoms with E-state index >= 15 is 0 Å². The molecule has 20 heavy (non-hydrogen) atoms. The molecule has 0 fully saturated rings. The number of halogens is 1. The molecule has 0 spiro atoms. The number of anilines is 1. The van der Waals surface area contributed by atoms with Crippen LogP contribution in [0.15, 0.2) is 22.7 Å². The van der Waals surface area contributed by atoms with Gasteiger partial charge in [-0.05, 0) is 43.1 Å². The van der Waals surface area contributed by atoms with Crippen LogP contribution in [-0.2, 0) is 15.9 Å². The highest BCUT2D eigenvalue weighted by atomic mass is 79.9. The van der Waals surface area contributed by atoms with Crippen LogP contribution in [0.25, 0.3) is 0 Å². The Morgan fingerprint density at radius 3 is 2.55 bits per heavy atom. The summed E-state index contributed by atoms with van der Waals surface area (Å²) in [6.45, 7) is 3.97. The fourth-order valence-electron chi connectivity index (χ4n) is 2.17. The van der Waals surface area contributed by atoms with Crippen molar-refractivity contribution in [3.8, 4) is 0 Å². The van der Waals surface area contributed by atoms with Crippen LogP contribution in [0.5, 0.6) is 0 Å². The normalized spacial score (nSPS) is 10.8. The summed E-state index contributed by atoms with van der Waals surface area (Å²) < 4.78 is 11.5. The summed E-state index contributed by atoms with van der Waals surface area (Å²) >= 11 is 3.53. The number of benzene rings is 1. The number of nitrogens with two attached hydrogens (primary N) is 1. The van der Waals surface area contributed by atoms with Gasteiger partial charge in [-0.3, -0.25) is 0 Å². The first-order valence-corrected chi connectivity index (χ1v) is 7.73. The maximum Gasteiger partial charge on any atom is 0.0637 e. The molecule has 0 amide bonds. The van der Waals surface area contributed by atoms with Crippen LogP contribution < -0.4 is 10.6 Å². The van der Waals surface area contributed by atoms with E-state index in [1.807, 2.05) is 0 Å². The Labute approximate surface area is 130 Å². The largest absolute Gasteiger partial charge is 0.385 e. The molecule has 0 aliphatic carbocycles. The van der Waals surface area contributed by atoms with Gasteiger partial charge >= 0.3 is 0 Å². The summed E-state index contributed by atoms with van der Waals surface area (Å²) in [7, 11) is 3.47. The van der Waals surface area contributed by atoms with E-state index in [2.05, 4.69) is 39.0 Å². The summed E-state index contributed by atoms with van der Waals surface area (Å²) in [6.07, 6.45) is 1.88. The van der Waals surface area contributed by atoms with Gasteiger partial charge in [-0.15, -0.1) is 0 Å². The van der Waals surface area contributed by atoms with Gasteiger partial charge in [0.2, 0.25) is 0 Å². The molecule has 4 nitrogen and oxygen atoms in total. The highest BCUT2D eigenvalue weighted by molar-refractivity contribution is 9.10. The van der Waals surface area contributed by atoms with Gasteiger partial charge in [0.1, 0.15) is 0 Å². The first kappa shape index (κ1) is 17.4. The number of nitrogens with zero attached hydrogens (tertiary/aromatic N) is 1. The molecule has 1 aromatic carbocycles. The highest BCUT2D eigenvalue weighted by Gasteiger charge is 2.11. The third kappa shape index (κ3) is 5.79. The van der Waals surface area contributed by atoms with Crippen molar-refractivity contribution >= 4 is 21.6 Å². The van der Waals surface area contributed by atoms with Gasteiger partial charge in [0.05, 0.1) is 6.61 Å². The van der Waals surface area contributed by atoms with Crippen LogP contribution in [0.1, 0.15) is 12.0 Å². The minimum Gasteiger partial charge on any atom is -0.385 e. The molecular formula is C15H25BrN2O2. The van der Waals surface area contributed by atoms with E-state index in [-0.39, 0.29) is 0 Å². The van der Waals surface area contributed by atoms with Crippen molar-refractivity contribution < 1.29 is 9.47 Å². The smallest absolute Gasteiger partial charge is 0.0637 e. The van der Waals surface area contributed by atoms with Gasteiger partial charge in [0, 0.05) is 44.1 Å². The molecule has 0 radical (unpaired) electrons. The second-order valence-corrected chi connectivity index (χ2v) is 5.55. The SMILES string of the molecule is COCCCN(CCOC)c1ccc(Br)cc1CCN. The predicted molar refractivity (Wildman–Crippen MR) is 87.5 cm³/mol. The van der Waals surface area contributed by atoms with Crippen LogP contribution in [0.4, 0.5) is 5.69 Å². The summed E-state index contributed by atoms with van der Waals surface area (Å²) in [4.78, 5) is 2.35. The molecule has 114 valence electrons. The summed E-state index contributed by atoms with van der Waals surface area (Å²) in [6, 6.07) is 6.38. The molecule has 0 aromatic heterocycles. The zero-order chi connectivity index (χ0) is 14.8. The lowest BCUT2D eigenvalue weighted by molar-refractivity contribution is 0.191. The molecule has 1 rings (SSSR count). The third-order valence-electron chi connectivity index (χ3n) is 3.14. The molecule has 0 atom stereocenters. The molecule has 0 aliphatic heterocycles. The lowest BCUT2D eigenvalue weighted by Gasteiger charge is -2.27. The van der Waals surface area contributed by atoms with Crippen molar-refractivity contribution in [1.82, 2.24) is 0 Å². The molecule has 0 unspecified atom stereocenters. The van der Waals surface area contributed by atoms with Crippen molar-refractivity contribution in [3.05, 3.63) is 28.2 Å². The monoisotopic (exact) mass is 344 g/mol. The quantitative estimate of drug-likeness (QED) is 0.662. The van der Waals surface area contributed by atoms with E-state index in [0.717, 1.165) is 37.0 Å². The molecule has 2 N–H and O–H groups in total. The number of hydrogen-bond acceptors (Lipinski definition) is 4. The maximum atomic E-state index is 5.72. The second kappa shape index (κ2) is 10.2. The van der Waals surface area contributed by atoms with Crippen LogP contribution in [-0.4, -0.2) is 47.1 Å². The summed E-state index contributed by atoms with van der Waals surface area (Å²) in [5, 5.41) is 0. The molecular weight excluding hydrogens is 320 g/mol. The van der Waals surface area contributed by atoms with E-state index in [1.54, 1.807) is 14.2 Å². The van der Waals surface area contributed by atoms with Crippen LogP contribution >= 0.6 is 15.9 Å². The van der Waals surface area contributed by atoms with Crippen LogP contribution in [0, 0.1) is 0 Å². The van der Waals surface area contributed by atoms with Crippen molar-refractivity contribution in [2.45, 2.75) is 12.8 Å². The molecule has 0 bridgehead atoms. The van der Waals surface area contributed by atoms with Gasteiger partial charge < -0.3 is 20.1 Å². The van der Waals surface area contributed by atoms with Gasteiger partial charge in [-0.2, -0.15) is 0 Å². The highest BCUT2D eigenvalue weighted by Crippen LogP contribution is 2.25. The fourth-order valence-corrected chi connectivity index (χ4v) is 2.58. The Bertz CT molecular complexity index is 388. The van der Waals surface area contributed by atoms with Gasteiger partial charge in [0.15, 0.2) is 0 Å². The zero-order valence-corrected chi connectivity index (χ0v) is 14.0. The Kier molecular flexibility index (Phi) is 8.85. The van der Waals surface area contributed by atoms with Gasteiger partial charge in [0.25, 0.3) is 0 Å². The Balaban J connectivity index is 2.86. The van der Waals surface area contributed by atoms with E-state index in [0.29, 0.717) is 13.2 Å². The Morgan fingerprint density at radius 2 is 1.90 bits per heavy atom. The zero-order valence-electron chi connectivity index (χ0n) is 12.4. The van der Waals surface area contributed by atoms with Crippen molar-refractivity contribution in [3.63, 3.8) is 0 Å². The average molecular weight is 345 g/mol. The Morgan fingerprint density at radius 1 is 1.15 bits per heavy atom. The minimum atomic E-state index is 0.652. The molecule has 0 saturated carbocycles. The van der Waals surface area contributed by atoms with E-state index < -0.39 is 0 Å².